The summed E-state index contributed by atoms with van der Waals surface area (Å²) in [5, 5.41) is 2.64. The van der Waals surface area contributed by atoms with E-state index in [1.807, 2.05) is 0 Å². The third-order valence-corrected chi connectivity index (χ3v) is 8.33. The van der Waals surface area contributed by atoms with E-state index < -0.39 is 0 Å². The van der Waals surface area contributed by atoms with Gasteiger partial charge in [-0.2, -0.15) is 0 Å². The Labute approximate surface area is 177 Å². The van der Waals surface area contributed by atoms with Gasteiger partial charge in [-0.05, 0) is 0 Å². The SMILES string of the molecule is CC1(CC2=Cc3c(-c4ccc5ccccc5c4)cccc3[CH]2[Zr])CCCC1. The van der Waals surface area contributed by atoms with Crippen LogP contribution in [0.4, 0.5) is 0 Å². The summed E-state index contributed by atoms with van der Waals surface area (Å²) in [6.45, 7) is 2.51. The fourth-order valence-corrected chi connectivity index (χ4v) is 6.20. The Morgan fingerprint density at radius 3 is 2.52 bits per heavy atom. The Balaban J connectivity index is 1.56. The van der Waals surface area contributed by atoms with Gasteiger partial charge in [-0.3, -0.25) is 0 Å². The molecule has 0 heterocycles. The molecule has 1 fully saturated rings. The average molecular weight is 429 g/mol. The molecule has 5 rings (SSSR count). The standard InChI is InChI=1S/C26H25.Zr/c1-26(13-4-5-14-26)18-19-15-22-9-6-10-24(25(22)16-19)23-12-11-20-7-2-3-8-21(20)17-23;/h2-3,6-12,15-17H,4-5,13-14,18H2,1H3;. The number of benzene rings is 3. The molecule has 3 aromatic rings. The normalized spacial score (nSPS) is 20.6. The fourth-order valence-electron chi connectivity index (χ4n) is 5.12. The number of rotatable bonds is 3. The Morgan fingerprint density at radius 1 is 0.926 bits per heavy atom. The molecule has 133 valence electrons. The first-order chi connectivity index (χ1) is 13.1. The summed E-state index contributed by atoms with van der Waals surface area (Å²) in [6, 6.07) is 22.5. The summed E-state index contributed by atoms with van der Waals surface area (Å²) in [4.78, 5) is 0. The van der Waals surface area contributed by atoms with E-state index in [1.54, 1.807) is 35.9 Å². The minimum absolute atomic E-state index is 0.533. The summed E-state index contributed by atoms with van der Waals surface area (Å²) in [7, 11) is 0. The molecular formula is C26H25Zr. The van der Waals surface area contributed by atoms with Crippen molar-refractivity contribution in [3.8, 4) is 11.1 Å². The van der Waals surface area contributed by atoms with Crippen LogP contribution in [0.15, 0.2) is 66.2 Å². The van der Waals surface area contributed by atoms with Gasteiger partial charge in [0, 0.05) is 0 Å². The average Bonchev–Trinajstić information content (AvgIpc) is 3.25. The molecule has 27 heavy (non-hydrogen) atoms. The second-order valence-electron chi connectivity index (χ2n) is 8.72. The summed E-state index contributed by atoms with van der Waals surface area (Å²) < 4.78 is 0.644. The van der Waals surface area contributed by atoms with E-state index in [-0.39, 0.29) is 0 Å². The molecule has 0 N–H and O–H groups in total. The van der Waals surface area contributed by atoms with Crippen molar-refractivity contribution >= 4 is 16.8 Å². The fraction of sp³-hybridized carbons (Fsp3) is 0.308. The molecule has 3 aromatic carbocycles. The van der Waals surface area contributed by atoms with Gasteiger partial charge in [-0.15, -0.1) is 0 Å². The third kappa shape index (κ3) is 3.19. The Bertz CT molecular complexity index is 1040. The van der Waals surface area contributed by atoms with E-state index in [2.05, 4.69) is 73.7 Å². The molecule has 2 aliphatic rings. The zero-order valence-electron chi connectivity index (χ0n) is 16.0. The Morgan fingerprint density at radius 2 is 1.70 bits per heavy atom. The number of hydrogen-bond donors (Lipinski definition) is 0. The molecule has 1 unspecified atom stereocenters. The van der Waals surface area contributed by atoms with Gasteiger partial charge >= 0.3 is 178 Å². The van der Waals surface area contributed by atoms with E-state index in [0.717, 1.165) is 0 Å². The van der Waals surface area contributed by atoms with Crippen LogP contribution in [0.5, 0.6) is 0 Å². The van der Waals surface area contributed by atoms with Gasteiger partial charge in [-0.25, -0.2) is 0 Å². The maximum atomic E-state index is 2.54. The van der Waals surface area contributed by atoms with Crippen molar-refractivity contribution in [2.45, 2.75) is 42.7 Å². The second kappa shape index (κ2) is 6.86. The summed E-state index contributed by atoms with van der Waals surface area (Å²) in [5.41, 5.74) is 7.99. The molecule has 2 aliphatic carbocycles. The molecule has 0 aromatic heterocycles. The van der Waals surface area contributed by atoms with Gasteiger partial charge in [0.15, 0.2) is 0 Å². The van der Waals surface area contributed by atoms with Crippen molar-refractivity contribution < 1.29 is 24.7 Å². The molecule has 0 nitrogen and oxygen atoms in total. The zero-order chi connectivity index (χ0) is 18.4. The van der Waals surface area contributed by atoms with E-state index in [1.165, 1.54) is 59.6 Å². The van der Waals surface area contributed by atoms with Gasteiger partial charge < -0.3 is 0 Å². The van der Waals surface area contributed by atoms with Crippen LogP contribution in [0.1, 0.15) is 53.8 Å². The first-order valence-electron chi connectivity index (χ1n) is 10.2. The van der Waals surface area contributed by atoms with Crippen molar-refractivity contribution in [1.82, 2.24) is 0 Å². The minimum atomic E-state index is 0.533. The van der Waals surface area contributed by atoms with Crippen LogP contribution in [0.3, 0.4) is 0 Å². The van der Waals surface area contributed by atoms with E-state index in [9.17, 15) is 0 Å². The molecular weight excluding hydrogens is 404 g/mol. The molecule has 0 bridgehead atoms. The molecule has 1 heteroatoms. The van der Waals surface area contributed by atoms with Crippen LogP contribution < -0.4 is 0 Å². The zero-order valence-corrected chi connectivity index (χ0v) is 18.4. The van der Waals surface area contributed by atoms with Gasteiger partial charge in [0.1, 0.15) is 0 Å². The van der Waals surface area contributed by atoms with Crippen LogP contribution in [0.2, 0.25) is 0 Å². The van der Waals surface area contributed by atoms with Gasteiger partial charge in [0.25, 0.3) is 0 Å². The molecule has 0 spiro atoms. The Kier molecular flexibility index (Phi) is 4.48. The number of allylic oxidation sites excluding steroid dienone is 1. The summed E-state index contributed by atoms with van der Waals surface area (Å²) >= 11 is 1.63. The molecule has 0 saturated heterocycles. The number of hydrogen-bond acceptors (Lipinski definition) is 0. The van der Waals surface area contributed by atoms with Crippen LogP contribution in [0.25, 0.3) is 28.0 Å². The van der Waals surface area contributed by atoms with E-state index in [0.29, 0.717) is 9.04 Å². The summed E-state index contributed by atoms with van der Waals surface area (Å²) in [6.07, 6.45) is 9.47. The van der Waals surface area contributed by atoms with Gasteiger partial charge in [0.05, 0.1) is 0 Å². The predicted molar refractivity (Wildman–Crippen MR) is 111 cm³/mol. The van der Waals surface area contributed by atoms with Crippen molar-refractivity contribution in [3.63, 3.8) is 0 Å². The van der Waals surface area contributed by atoms with Crippen molar-refractivity contribution in [2.75, 3.05) is 0 Å². The van der Waals surface area contributed by atoms with E-state index in [4.69, 9.17) is 0 Å². The Hall–Kier alpha value is -1.46. The van der Waals surface area contributed by atoms with Crippen molar-refractivity contribution in [1.29, 1.82) is 0 Å². The van der Waals surface area contributed by atoms with Crippen molar-refractivity contribution in [2.24, 2.45) is 5.41 Å². The maximum absolute atomic E-state index is 2.54. The van der Waals surface area contributed by atoms with E-state index >= 15 is 0 Å². The van der Waals surface area contributed by atoms with Crippen molar-refractivity contribution in [3.05, 3.63) is 77.4 Å². The van der Waals surface area contributed by atoms with Crippen LogP contribution in [0, 0.1) is 5.41 Å². The molecule has 0 aliphatic heterocycles. The first kappa shape index (κ1) is 17.6. The van der Waals surface area contributed by atoms with Crippen LogP contribution in [-0.4, -0.2) is 0 Å². The second-order valence-corrected chi connectivity index (χ2v) is 10.1. The summed E-state index contributed by atoms with van der Waals surface area (Å²) in [5.74, 6) is 0. The molecule has 1 saturated carbocycles. The van der Waals surface area contributed by atoms with Gasteiger partial charge in [-0.1, -0.05) is 0 Å². The molecule has 1 atom stereocenters. The first-order valence-corrected chi connectivity index (χ1v) is 11.6. The monoisotopic (exact) mass is 427 g/mol. The van der Waals surface area contributed by atoms with Crippen LogP contribution >= 0.6 is 0 Å². The topological polar surface area (TPSA) is 0 Å². The quantitative estimate of drug-likeness (QED) is 0.406. The van der Waals surface area contributed by atoms with Gasteiger partial charge in [0.2, 0.25) is 0 Å². The molecule has 0 amide bonds. The predicted octanol–water partition coefficient (Wildman–Crippen LogP) is 7.46. The number of fused-ring (bicyclic) bond motifs is 2. The molecule has 0 radical (unpaired) electrons. The third-order valence-electron chi connectivity index (χ3n) is 6.65. The van der Waals surface area contributed by atoms with Crippen LogP contribution in [-0.2, 0) is 24.7 Å².